The summed E-state index contributed by atoms with van der Waals surface area (Å²) < 4.78 is 111. The van der Waals surface area contributed by atoms with Crippen LogP contribution in [0.15, 0.2) is 77.2 Å². The molecule has 0 radical (unpaired) electrons. The van der Waals surface area contributed by atoms with Crippen LogP contribution in [0.4, 0.5) is 26.3 Å². The van der Waals surface area contributed by atoms with Crippen molar-refractivity contribution in [3.63, 3.8) is 0 Å². The van der Waals surface area contributed by atoms with Crippen LogP contribution in [-0.2, 0) is 35.2 Å². The van der Waals surface area contributed by atoms with Crippen LogP contribution in [0.2, 0.25) is 0 Å². The molecule has 1 heterocycles. The zero-order chi connectivity index (χ0) is 25.6. The van der Waals surface area contributed by atoms with Crippen LogP contribution in [0.1, 0.15) is 16.7 Å². The zero-order valence-corrected chi connectivity index (χ0v) is 18.8. The second-order valence-corrected chi connectivity index (χ2v) is 9.38. The van der Waals surface area contributed by atoms with E-state index in [1.165, 1.54) is 22.2 Å². The lowest BCUT2D eigenvalue weighted by atomic mass is 10.1. The molecule has 0 aliphatic carbocycles. The maximum atomic E-state index is 13.4. The quantitative estimate of drug-likeness (QED) is 0.342. The summed E-state index contributed by atoms with van der Waals surface area (Å²) in [5.41, 5.74) is -1.18. The monoisotopic (exact) mass is 513 g/mol. The van der Waals surface area contributed by atoms with Gasteiger partial charge in [-0.3, -0.25) is 4.57 Å². The van der Waals surface area contributed by atoms with E-state index < -0.39 is 39.3 Å². The molecule has 0 aliphatic heterocycles. The molecule has 4 aromatic rings. The third-order valence-corrected chi connectivity index (χ3v) is 6.41. The SMILES string of the molecule is Cn1/c(=N/S(=O)(=O)Cc2ccc(C(F)(F)F)cc2)n(-c2ccccc2)c2cc(C(F)(F)F)ccc21. The van der Waals surface area contributed by atoms with Crippen LogP contribution in [-0.4, -0.2) is 17.6 Å². The van der Waals surface area contributed by atoms with Crippen molar-refractivity contribution in [2.45, 2.75) is 18.1 Å². The molecule has 1 aromatic heterocycles. The minimum absolute atomic E-state index is 0.0751. The van der Waals surface area contributed by atoms with E-state index in [2.05, 4.69) is 4.40 Å². The number of para-hydroxylation sites is 1. The summed E-state index contributed by atoms with van der Waals surface area (Å²) >= 11 is 0. The largest absolute Gasteiger partial charge is 0.416 e. The van der Waals surface area contributed by atoms with Crippen molar-refractivity contribution >= 4 is 21.1 Å². The van der Waals surface area contributed by atoms with Gasteiger partial charge in [0.2, 0.25) is 5.62 Å². The molecule has 0 fully saturated rings. The van der Waals surface area contributed by atoms with E-state index in [9.17, 15) is 34.8 Å². The molecule has 0 amide bonds. The molecule has 0 unspecified atom stereocenters. The van der Waals surface area contributed by atoms with E-state index in [0.717, 1.165) is 36.4 Å². The van der Waals surface area contributed by atoms with Crippen LogP contribution in [0.3, 0.4) is 0 Å². The number of halogens is 6. The lowest BCUT2D eigenvalue weighted by Crippen LogP contribution is -2.25. The lowest BCUT2D eigenvalue weighted by Gasteiger charge is -2.09. The molecule has 0 spiro atoms. The van der Waals surface area contributed by atoms with Gasteiger partial charge in [0.25, 0.3) is 10.0 Å². The number of sulfonamides is 1. The van der Waals surface area contributed by atoms with Gasteiger partial charge in [0, 0.05) is 12.7 Å². The summed E-state index contributed by atoms with van der Waals surface area (Å²) in [5, 5.41) is 0. The van der Waals surface area contributed by atoms with Crippen molar-refractivity contribution in [2.75, 3.05) is 0 Å². The number of alkyl halides is 6. The molecule has 12 heteroatoms. The maximum Gasteiger partial charge on any atom is 0.416 e. The molecule has 0 atom stereocenters. The van der Waals surface area contributed by atoms with Crippen LogP contribution < -0.4 is 5.62 Å². The molecule has 4 rings (SSSR count). The van der Waals surface area contributed by atoms with Crippen LogP contribution in [0.5, 0.6) is 0 Å². The summed E-state index contributed by atoms with van der Waals surface area (Å²) in [4.78, 5) is 0. The lowest BCUT2D eigenvalue weighted by molar-refractivity contribution is -0.138. The van der Waals surface area contributed by atoms with Gasteiger partial charge in [-0.15, -0.1) is 4.40 Å². The van der Waals surface area contributed by atoms with Gasteiger partial charge in [-0.25, -0.2) is 8.42 Å². The summed E-state index contributed by atoms with van der Waals surface area (Å²) in [6, 6.07) is 14.8. The average Bonchev–Trinajstić information content (AvgIpc) is 3.03. The first-order valence-electron chi connectivity index (χ1n) is 10.1. The number of nitrogens with zero attached hydrogens (tertiary/aromatic N) is 3. The molecular weight excluding hydrogens is 496 g/mol. The Morgan fingerprint density at radius 3 is 1.91 bits per heavy atom. The van der Waals surface area contributed by atoms with E-state index in [1.807, 2.05) is 0 Å². The minimum atomic E-state index is -4.62. The van der Waals surface area contributed by atoms with Gasteiger partial charge in [0.15, 0.2) is 0 Å². The highest BCUT2D eigenvalue weighted by Crippen LogP contribution is 2.32. The Morgan fingerprint density at radius 1 is 0.771 bits per heavy atom. The van der Waals surface area contributed by atoms with E-state index >= 15 is 0 Å². The third-order valence-electron chi connectivity index (χ3n) is 5.27. The van der Waals surface area contributed by atoms with Crippen molar-refractivity contribution in [1.82, 2.24) is 9.13 Å². The maximum absolute atomic E-state index is 13.4. The van der Waals surface area contributed by atoms with E-state index in [-0.39, 0.29) is 16.7 Å². The van der Waals surface area contributed by atoms with Crippen molar-refractivity contribution in [3.8, 4) is 5.69 Å². The number of hydrogen-bond acceptors (Lipinski definition) is 2. The second kappa shape index (κ2) is 8.59. The number of imidazole rings is 1. The third kappa shape index (κ3) is 5.11. The summed E-state index contributed by atoms with van der Waals surface area (Å²) in [6.07, 6.45) is -9.19. The van der Waals surface area contributed by atoms with Gasteiger partial charge < -0.3 is 4.57 Å². The molecule has 3 aromatic carbocycles. The number of hydrogen-bond donors (Lipinski definition) is 0. The van der Waals surface area contributed by atoms with E-state index in [1.54, 1.807) is 30.3 Å². The van der Waals surface area contributed by atoms with Gasteiger partial charge in [0.05, 0.1) is 27.9 Å². The summed E-state index contributed by atoms with van der Waals surface area (Å²) in [6.45, 7) is 0. The first kappa shape index (κ1) is 24.6. The predicted molar refractivity (Wildman–Crippen MR) is 117 cm³/mol. The Balaban J connectivity index is 1.89. The Labute approximate surface area is 195 Å². The highest BCUT2D eigenvalue weighted by atomic mass is 32.2. The van der Waals surface area contributed by atoms with Gasteiger partial charge in [0.1, 0.15) is 0 Å². The number of aryl methyl sites for hydroxylation is 1. The Bertz CT molecular complexity index is 1550. The van der Waals surface area contributed by atoms with Crippen LogP contribution in [0.25, 0.3) is 16.7 Å². The topological polar surface area (TPSA) is 56.4 Å². The fourth-order valence-electron chi connectivity index (χ4n) is 3.62. The number of fused-ring (bicyclic) bond motifs is 1. The normalized spacial score (nSPS) is 13.5. The van der Waals surface area contributed by atoms with E-state index in [4.69, 9.17) is 0 Å². The fourth-order valence-corrected chi connectivity index (χ4v) is 4.75. The molecule has 0 aliphatic rings. The van der Waals surface area contributed by atoms with Crippen LogP contribution >= 0.6 is 0 Å². The standard InChI is InChI=1S/C23H17F6N3O2S/c1-31-19-12-11-17(23(27,28)29)13-20(19)32(18-5-3-2-4-6-18)21(31)30-35(33,34)14-15-7-9-16(10-8-15)22(24,25)26/h2-13H,14H2,1H3/b30-21-. The highest BCUT2D eigenvalue weighted by molar-refractivity contribution is 7.89. The molecule has 0 saturated heterocycles. The second-order valence-electron chi connectivity index (χ2n) is 7.74. The Kier molecular flexibility index (Phi) is 6.04. The first-order valence-corrected chi connectivity index (χ1v) is 11.7. The molecule has 0 N–H and O–H groups in total. The van der Waals surface area contributed by atoms with Gasteiger partial charge in [-0.05, 0) is 48.0 Å². The van der Waals surface area contributed by atoms with Crippen molar-refractivity contribution < 1.29 is 34.8 Å². The number of benzene rings is 3. The smallest absolute Gasteiger partial charge is 0.312 e. The zero-order valence-electron chi connectivity index (χ0n) is 18.0. The summed E-state index contributed by atoms with van der Waals surface area (Å²) in [5.74, 6) is -0.699. The Hall–Kier alpha value is -3.54. The summed E-state index contributed by atoms with van der Waals surface area (Å²) in [7, 11) is -2.84. The fraction of sp³-hybridized carbons (Fsp3) is 0.174. The van der Waals surface area contributed by atoms with Gasteiger partial charge in [-0.1, -0.05) is 30.3 Å². The number of rotatable bonds is 4. The van der Waals surface area contributed by atoms with Gasteiger partial charge >= 0.3 is 12.4 Å². The number of aromatic nitrogens is 2. The molecule has 35 heavy (non-hydrogen) atoms. The molecular formula is C23H17F6N3O2S. The highest BCUT2D eigenvalue weighted by Gasteiger charge is 2.32. The van der Waals surface area contributed by atoms with E-state index in [0.29, 0.717) is 11.2 Å². The predicted octanol–water partition coefficient (Wildman–Crippen LogP) is 5.44. The van der Waals surface area contributed by atoms with Crippen molar-refractivity contribution in [1.29, 1.82) is 0 Å². The van der Waals surface area contributed by atoms with Crippen molar-refractivity contribution in [2.24, 2.45) is 11.4 Å². The van der Waals surface area contributed by atoms with Crippen molar-refractivity contribution in [3.05, 3.63) is 95.1 Å². The molecule has 5 nitrogen and oxygen atoms in total. The Morgan fingerprint density at radius 2 is 1.34 bits per heavy atom. The molecule has 0 saturated carbocycles. The van der Waals surface area contributed by atoms with Crippen LogP contribution in [0, 0.1) is 0 Å². The minimum Gasteiger partial charge on any atom is -0.312 e. The molecule has 0 bridgehead atoms. The molecule has 184 valence electrons. The first-order chi connectivity index (χ1) is 16.3. The van der Waals surface area contributed by atoms with Gasteiger partial charge in [-0.2, -0.15) is 26.3 Å². The average molecular weight is 513 g/mol.